The molecule has 2 aliphatic rings. The van der Waals surface area contributed by atoms with Crippen LogP contribution in [-0.4, -0.2) is 90.8 Å². The van der Waals surface area contributed by atoms with E-state index in [1.165, 1.54) is 0 Å². The number of ether oxygens (including phenoxy) is 1. The molecule has 1 aromatic rings. The summed E-state index contributed by atoms with van der Waals surface area (Å²) in [5.74, 6) is 1.72. The monoisotopic (exact) mass is 337 g/mol. The fourth-order valence-corrected chi connectivity index (χ4v) is 3.24. The van der Waals surface area contributed by atoms with Gasteiger partial charge in [0.15, 0.2) is 5.82 Å². The van der Waals surface area contributed by atoms with Crippen LogP contribution in [0.1, 0.15) is 30.5 Å². The SMILES string of the molecule is COCCN1CC(c2nc(CN3CCN(C)CC3)no2)CCC1=O. The molecule has 0 N–H and O–H groups in total. The van der Waals surface area contributed by atoms with Gasteiger partial charge in [0.25, 0.3) is 0 Å². The molecule has 8 heteroatoms. The highest BCUT2D eigenvalue weighted by atomic mass is 16.5. The van der Waals surface area contributed by atoms with Gasteiger partial charge in [-0.05, 0) is 13.5 Å². The van der Waals surface area contributed by atoms with Crippen LogP contribution in [0.2, 0.25) is 0 Å². The van der Waals surface area contributed by atoms with E-state index in [9.17, 15) is 4.79 Å². The van der Waals surface area contributed by atoms with Gasteiger partial charge in [0.2, 0.25) is 11.8 Å². The number of hydrogen-bond donors (Lipinski definition) is 0. The van der Waals surface area contributed by atoms with E-state index in [4.69, 9.17) is 9.26 Å². The van der Waals surface area contributed by atoms with E-state index in [0.29, 0.717) is 32.0 Å². The first-order chi connectivity index (χ1) is 11.7. The quantitative estimate of drug-likeness (QED) is 0.732. The normalized spacial score (nSPS) is 23.8. The average Bonchev–Trinajstić information content (AvgIpc) is 3.05. The van der Waals surface area contributed by atoms with Crippen LogP contribution in [0, 0.1) is 0 Å². The van der Waals surface area contributed by atoms with Gasteiger partial charge in [0, 0.05) is 52.8 Å². The van der Waals surface area contributed by atoms with E-state index < -0.39 is 0 Å². The van der Waals surface area contributed by atoms with Crippen molar-refractivity contribution in [2.45, 2.75) is 25.3 Å². The molecule has 0 aliphatic carbocycles. The van der Waals surface area contributed by atoms with Crippen LogP contribution in [0.15, 0.2) is 4.52 Å². The molecule has 2 saturated heterocycles. The molecule has 2 fully saturated rings. The summed E-state index contributed by atoms with van der Waals surface area (Å²) in [4.78, 5) is 23.1. The van der Waals surface area contributed by atoms with Gasteiger partial charge >= 0.3 is 0 Å². The lowest BCUT2D eigenvalue weighted by Crippen LogP contribution is -2.44. The summed E-state index contributed by atoms with van der Waals surface area (Å²) >= 11 is 0. The number of carbonyl (C=O) groups excluding carboxylic acids is 1. The lowest BCUT2D eigenvalue weighted by atomic mass is 9.97. The first-order valence-electron chi connectivity index (χ1n) is 8.66. The van der Waals surface area contributed by atoms with Crippen molar-refractivity contribution in [1.82, 2.24) is 24.8 Å². The maximum atomic E-state index is 12.0. The van der Waals surface area contributed by atoms with Gasteiger partial charge in [0.1, 0.15) is 0 Å². The van der Waals surface area contributed by atoms with Gasteiger partial charge in [-0.25, -0.2) is 0 Å². The third-order valence-corrected chi connectivity index (χ3v) is 4.86. The van der Waals surface area contributed by atoms with Crippen molar-refractivity contribution in [2.24, 2.45) is 0 Å². The summed E-state index contributed by atoms with van der Waals surface area (Å²) in [6, 6.07) is 0. The molecule has 24 heavy (non-hydrogen) atoms. The highest BCUT2D eigenvalue weighted by Gasteiger charge is 2.30. The maximum absolute atomic E-state index is 12.0. The summed E-state index contributed by atoms with van der Waals surface area (Å²) in [5, 5.41) is 4.14. The molecule has 0 radical (unpaired) electrons. The molecular formula is C16H27N5O3. The van der Waals surface area contributed by atoms with Gasteiger partial charge in [-0.3, -0.25) is 9.69 Å². The number of methoxy groups -OCH3 is 1. The van der Waals surface area contributed by atoms with Gasteiger partial charge in [-0.2, -0.15) is 4.98 Å². The van der Waals surface area contributed by atoms with Crippen molar-refractivity contribution >= 4 is 5.91 Å². The number of likely N-dealkylation sites (N-methyl/N-ethyl adjacent to an activating group) is 1. The standard InChI is InChI=1S/C16H27N5O3/c1-19-5-7-20(8-6-19)12-14-17-16(24-18-14)13-3-4-15(22)21(11-13)9-10-23-2/h13H,3-12H2,1-2H3. The summed E-state index contributed by atoms with van der Waals surface area (Å²) in [6.07, 6.45) is 1.31. The van der Waals surface area contributed by atoms with Crippen LogP contribution >= 0.6 is 0 Å². The Hall–Kier alpha value is -1.51. The Kier molecular flexibility index (Phi) is 5.80. The third-order valence-electron chi connectivity index (χ3n) is 4.86. The fourth-order valence-electron chi connectivity index (χ4n) is 3.24. The summed E-state index contributed by atoms with van der Waals surface area (Å²) in [5.41, 5.74) is 0. The van der Waals surface area contributed by atoms with E-state index in [1.807, 2.05) is 4.90 Å². The lowest BCUT2D eigenvalue weighted by molar-refractivity contribution is -0.134. The number of likely N-dealkylation sites (tertiary alicyclic amines) is 1. The second-order valence-corrected chi connectivity index (χ2v) is 6.70. The predicted octanol–water partition coefficient (Wildman–Crippen LogP) is 0.169. The van der Waals surface area contributed by atoms with Crippen LogP contribution in [0.3, 0.4) is 0 Å². The van der Waals surface area contributed by atoms with E-state index in [0.717, 1.165) is 45.0 Å². The van der Waals surface area contributed by atoms with Gasteiger partial charge in [-0.1, -0.05) is 5.16 Å². The lowest BCUT2D eigenvalue weighted by Gasteiger charge is -2.31. The van der Waals surface area contributed by atoms with Crippen molar-refractivity contribution in [1.29, 1.82) is 0 Å². The summed E-state index contributed by atoms with van der Waals surface area (Å²) in [7, 11) is 3.79. The van der Waals surface area contributed by atoms with Crippen molar-refractivity contribution in [3.63, 3.8) is 0 Å². The Bertz CT molecular complexity index is 542. The van der Waals surface area contributed by atoms with Crippen LogP contribution < -0.4 is 0 Å². The van der Waals surface area contributed by atoms with Crippen LogP contribution in [0.4, 0.5) is 0 Å². The molecule has 3 heterocycles. The van der Waals surface area contributed by atoms with E-state index >= 15 is 0 Å². The number of hydrogen-bond acceptors (Lipinski definition) is 7. The molecule has 1 unspecified atom stereocenters. The van der Waals surface area contributed by atoms with E-state index in [-0.39, 0.29) is 11.8 Å². The molecule has 134 valence electrons. The Morgan fingerprint density at radius 2 is 2.08 bits per heavy atom. The molecule has 0 bridgehead atoms. The minimum absolute atomic E-state index is 0.133. The first-order valence-corrected chi connectivity index (χ1v) is 8.66. The minimum Gasteiger partial charge on any atom is -0.383 e. The highest BCUT2D eigenvalue weighted by molar-refractivity contribution is 5.77. The van der Waals surface area contributed by atoms with Crippen molar-refractivity contribution in [2.75, 3.05) is 60.0 Å². The Balaban J connectivity index is 1.55. The average molecular weight is 337 g/mol. The molecule has 2 aliphatic heterocycles. The molecule has 0 aromatic carbocycles. The molecular weight excluding hydrogens is 310 g/mol. The van der Waals surface area contributed by atoms with E-state index in [1.54, 1.807) is 7.11 Å². The molecule has 1 amide bonds. The number of piperidine rings is 1. The number of amides is 1. The minimum atomic E-state index is 0.133. The largest absolute Gasteiger partial charge is 0.383 e. The Labute approximate surface area is 142 Å². The molecule has 0 spiro atoms. The Morgan fingerprint density at radius 3 is 2.83 bits per heavy atom. The number of carbonyl (C=O) groups is 1. The zero-order valence-corrected chi connectivity index (χ0v) is 14.6. The van der Waals surface area contributed by atoms with Crippen LogP contribution in [0.5, 0.6) is 0 Å². The molecule has 8 nitrogen and oxygen atoms in total. The number of piperazine rings is 1. The number of aromatic nitrogens is 2. The molecule has 3 rings (SSSR count). The van der Waals surface area contributed by atoms with Gasteiger partial charge in [-0.15, -0.1) is 0 Å². The molecule has 0 saturated carbocycles. The van der Waals surface area contributed by atoms with E-state index in [2.05, 4.69) is 27.0 Å². The third kappa shape index (κ3) is 4.31. The summed E-state index contributed by atoms with van der Waals surface area (Å²) < 4.78 is 10.6. The van der Waals surface area contributed by atoms with Gasteiger partial charge < -0.3 is 19.1 Å². The van der Waals surface area contributed by atoms with Crippen molar-refractivity contribution in [3.05, 3.63) is 11.7 Å². The second-order valence-electron chi connectivity index (χ2n) is 6.70. The molecule has 1 aromatic heterocycles. The summed E-state index contributed by atoms with van der Waals surface area (Å²) in [6.45, 7) is 6.75. The first kappa shape index (κ1) is 17.3. The smallest absolute Gasteiger partial charge is 0.231 e. The zero-order chi connectivity index (χ0) is 16.9. The highest BCUT2D eigenvalue weighted by Crippen LogP contribution is 2.26. The zero-order valence-electron chi connectivity index (χ0n) is 14.6. The fraction of sp³-hybridized carbons (Fsp3) is 0.812. The molecule has 1 atom stereocenters. The van der Waals surface area contributed by atoms with Crippen molar-refractivity contribution in [3.8, 4) is 0 Å². The topological polar surface area (TPSA) is 74.9 Å². The van der Waals surface area contributed by atoms with Crippen LogP contribution in [0.25, 0.3) is 0 Å². The van der Waals surface area contributed by atoms with Crippen molar-refractivity contribution < 1.29 is 14.1 Å². The number of nitrogens with zero attached hydrogens (tertiary/aromatic N) is 5. The maximum Gasteiger partial charge on any atom is 0.231 e. The van der Waals surface area contributed by atoms with Gasteiger partial charge in [0.05, 0.1) is 19.1 Å². The second kappa shape index (κ2) is 8.04. The number of rotatable bonds is 6. The van der Waals surface area contributed by atoms with Crippen LogP contribution in [-0.2, 0) is 16.1 Å². The predicted molar refractivity (Wildman–Crippen MR) is 87.5 cm³/mol. The Morgan fingerprint density at radius 1 is 1.29 bits per heavy atom.